The highest BCUT2D eigenvalue weighted by Gasteiger charge is 2.12. The zero-order chi connectivity index (χ0) is 22.2. The van der Waals surface area contributed by atoms with Gasteiger partial charge in [-0.3, -0.25) is 20.4 Å². The molecule has 0 saturated heterocycles. The monoisotopic (exact) mass is 438 g/mol. The highest BCUT2D eigenvalue weighted by Crippen LogP contribution is 2.22. The van der Waals surface area contributed by atoms with Gasteiger partial charge < -0.3 is 9.47 Å². The number of amides is 2. The van der Waals surface area contributed by atoms with Gasteiger partial charge in [-0.2, -0.15) is 0 Å². The van der Waals surface area contributed by atoms with Crippen molar-refractivity contribution in [1.29, 1.82) is 0 Å². The maximum atomic E-state index is 12.4. The molecule has 0 aliphatic rings. The molecule has 0 radical (unpaired) electrons. The molecule has 0 spiro atoms. The van der Waals surface area contributed by atoms with E-state index >= 15 is 0 Å². The normalized spacial score (nSPS) is 10.4. The Morgan fingerprint density at radius 1 is 0.903 bits per heavy atom. The van der Waals surface area contributed by atoms with Crippen LogP contribution in [-0.4, -0.2) is 18.9 Å². The van der Waals surface area contributed by atoms with E-state index in [-0.39, 0.29) is 0 Å². The predicted octanol–water partition coefficient (Wildman–Crippen LogP) is 4.45. The lowest BCUT2D eigenvalue weighted by atomic mass is 10.1. The second-order valence-electron chi connectivity index (χ2n) is 6.89. The Morgan fingerprint density at radius 3 is 2.32 bits per heavy atom. The lowest BCUT2D eigenvalue weighted by Gasteiger charge is -2.11. The molecule has 0 aromatic heterocycles. The molecule has 6 nitrogen and oxygen atoms in total. The molecular weight excluding hydrogens is 416 g/mol. The standard InChI is InChI=1S/C24H23ClN2O4/c1-16-13-20(11-12-22(16)25)31-14-17-7-9-18(10-8-17)23(28)26-27-24(29)21-6-4-3-5-19(21)15-30-2/h3-13H,14-15H2,1-2H3,(H,26,28)(H,27,29). The molecule has 0 atom stereocenters. The second-order valence-corrected chi connectivity index (χ2v) is 7.30. The van der Waals surface area contributed by atoms with Gasteiger partial charge >= 0.3 is 0 Å². The molecule has 31 heavy (non-hydrogen) atoms. The minimum atomic E-state index is -0.418. The molecule has 0 bridgehead atoms. The Balaban J connectivity index is 1.54. The van der Waals surface area contributed by atoms with Crippen LogP contribution in [-0.2, 0) is 18.0 Å². The smallest absolute Gasteiger partial charge is 0.270 e. The fourth-order valence-electron chi connectivity index (χ4n) is 2.90. The number of hydrogen-bond donors (Lipinski definition) is 2. The Bertz CT molecular complexity index is 1070. The van der Waals surface area contributed by atoms with E-state index in [2.05, 4.69) is 10.9 Å². The van der Waals surface area contributed by atoms with Crippen molar-refractivity contribution in [2.24, 2.45) is 0 Å². The fraction of sp³-hybridized carbons (Fsp3) is 0.167. The number of halogens is 1. The van der Waals surface area contributed by atoms with Gasteiger partial charge in [0.05, 0.1) is 6.61 Å². The molecule has 0 fully saturated rings. The van der Waals surface area contributed by atoms with Crippen LogP contribution in [0.2, 0.25) is 5.02 Å². The quantitative estimate of drug-likeness (QED) is 0.534. The number of carbonyl (C=O) groups is 2. The van der Waals surface area contributed by atoms with Gasteiger partial charge in [0, 0.05) is 23.3 Å². The zero-order valence-corrected chi connectivity index (χ0v) is 18.0. The molecular formula is C24H23ClN2O4. The van der Waals surface area contributed by atoms with Gasteiger partial charge in [0.15, 0.2) is 0 Å². The third kappa shape index (κ3) is 6.07. The summed E-state index contributed by atoms with van der Waals surface area (Å²) in [7, 11) is 1.56. The summed E-state index contributed by atoms with van der Waals surface area (Å²) in [4.78, 5) is 24.7. The SMILES string of the molecule is COCc1ccccc1C(=O)NNC(=O)c1ccc(COc2ccc(Cl)c(C)c2)cc1. The first-order chi connectivity index (χ1) is 15.0. The molecule has 3 aromatic carbocycles. The number of hydrazine groups is 1. The van der Waals surface area contributed by atoms with E-state index < -0.39 is 11.8 Å². The topological polar surface area (TPSA) is 76.7 Å². The highest BCUT2D eigenvalue weighted by molar-refractivity contribution is 6.31. The Kier molecular flexibility index (Phi) is 7.65. The third-order valence-electron chi connectivity index (χ3n) is 4.60. The highest BCUT2D eigenvalue weighted by atomic mass is 35.5. The number of aryl methyl sites for hydroxylation is 1. The van der Waals surface area contributed by atoms with Crippen LogP contribution in [0.5, 0.6) is 5.75 Å². The van der Waals surface area contributed by atoms with Gasteiger partial charge in [-0.25, -0.2) is 0 Å². The van der Waals surface area contributed by atoms with E-state index in [0.29, 0.717) is 29.4 Å². The maximum Gasteiger partial charge on any atom is 0.270 e. The van der Waals surface area contributed by atoms with Crippen molar-refractivity contribution in [1.82, 2.24) is 10.9 Å². The Hall–Kier alpha value is -3.35. The van der Waals surface area contributed by atoms with E-state index in [9.17, 15) is 9.59 Å². The number of ether oxygens (including phenoxy) is 2. The molecule has 3 aromatic rings. The average molecular weight is 439 g/mol. The van der Waals surface area contributed by atoms with Gasteiger partial charge in [0.25, 0.3) is 11.8 Å². The summed E-state index contributed by atoms with van der Waals surface area (Å²) in [5.41, 5.74) is 8.30. The van der Waals surface area contributed by atoms with Crippen LogP contribution < -0.4 is 15.6 Å². The van der Waals surface area contributed by atoms with Crippen LogP contribution in [0, 0.1) is 6.92 Å². The number of methoxy groups -OCH3 is 1. The first-order valence-electron chi connectivity index (χ1n) is 9.63. The molecule has 2 amide bonds. The Morgan fingerprint density at radius 2 is 1.61 bits per heavy atom. The second kappa shape index (κ2) is 10.6. The average Bonchev–Trinajstić information content (AvgIpc) is 2.79. The van der Waals surface area contributed by atoms with Gasteiger partial charge in [0.1, 0.15) is 12.4 Å². The third-order valence-corrected chi connectivity index (χ3v) is 5.03. The molecule has 0 aliphatic heterocycles. The van der Waals surface area contributed by atoms with Crippen molar-refractivity contribution >= 4 is 23.4 Å². The molecule has 160 valence electrons. The molecule has 0 aliphatic carbocycles. The van der Waals surface area contributed by atoms with Crippen molar-refractivity contribution in [3.63, 3.8) is 0 Å². The van der Waals surface area contributed by atoms with Gasteiger partial charge in [-0.15, -0.1) is 0 Å². The maximum absolute atomic E-state index is 12.4. The Labute approximate surface area is 186 Å². The summed E-state index contributed by atoms with van der Waals surface area (Å²) >= 11 is 6.02. The van der Waals surface area contributed by atoms with E-state index in [0.717, 1.165) is 22.4 Å². The van der Waals surface area contributed by atoms with Gasteiger partial charge in [-0.1, -0.05) is 41.9 Å². The lowest BCUT2D eigenvalue weighted by Crippen LogP contribution is -2.42. The van der Waals surface area contributed by atoms with E-state index in [4.69, 9.17) is 21.1 Å². The van der Waals surface area contributed by atoms with Crippen LogP contribution in [0.25, 0.3) is 0 Å². The summed E-state index contributed by atoms with van der Waals surface area (Å²) in [6, 6.07) is 19.5. The van der Waals surface area contributed by atoms with Crippen LogP contribution in [0.4, 0.5) is 0 Å². The molecule has 2 N–H and O–H groups in total. The minimum absolute atomic E-state index is 0.302. The molecule has 0 heterocycles. The summed E-state index contributed by atoms with van der Waals surface area (Å²) in [5.74, 6) is -0.108. The van der Waals surface area contributed by atoms with Crippen molar-refractivity contribution in [2.75, 3.05) is 7.11 Å². The van der Waals surface area contributed by atoms with Crippen molar-refractivity contribution in [3.8, 4) is 5.75 Å². The fourth-order valence-corrected chi connectivity index (χ4v) is 3.02. The summed E-state index contributed by atoms with van der Waals surface area (Å²) in [6.07, 6.45) is 0. The molecule has 7 heteroatoms. The number of carbonyl (C=O) groups excluding carboxylic acids is 2. The largest absolute Gasteiger partial charge is 0.489 e. The number of rotatable bonds is 7. The minimum Gasteiger partial charge on any atom is -0.489 e. The lowest BCUT2D eigenvalue weighted by molar-refractivity contribution is 0.0844. The summed E-state index contributed by atoms with van der Waals surface area (Å²) in [5, 5.41) is 0.692. The summed E-state index contributed by atoms with van der Waals surface area (Å²) < 4.78 is 10.9. The van der Waals surface area contributed by atoms with Gasteiger partial charge in [-0.05, 0) is 60.0 Å². The number of benzene rings is 3. The van der Waals surface area contributed by atoms with Crippen LogP contribution in [0.1, 0.15) is 37.4 Å². The predicted molar refractivity (Wildman–Crippen MR) is 119 cm³/mol. The van der Waals surface area contributed by atoms with Crippen molar-refractivity contribution in [3.05, 3.63) is 99.6 Å². The first kappa shape index (κ1) is 22.3. The molecule has 0 unspecified atom stereocenters. The van der Waals surface area contributed by atoms with Crippen LogP contribution >= 0.6 is 11.6 Å². The first-order valence-corrected chi connectivity index (χ1v) is 10.0. The summed E-state index contributed by atoms with van der Waals surface area (Å²) in [6.45, 7) is 2.57. The zero-order valence-electron chi connectivity index (χ0n) is 17.3. The van der Waals surface area contributed by atoms with E-state index in [1.165, 1.54) is 0 Å². The number of hydrogen-bond acceptors (Lipinski definition) is 4. The van der Waals surface area contributed by atoms with E-state index in [1.807, 2.05) is 25.1 Å². The van der Waals surface area contributed by atoms with Crippen LogP contribution in [0.15, 0.2) is 66.7 Å². The van der Waals surface area contributed by atoms with Crippen molar-refractivity contribution in [2.45, 2.75) is 20.1 Å². The van der Waals surface area contributed by atoms with E-state index in [1.54, 1.807) is 55.6 Å². The molecule has 3 rings (SSSR count). The van der Waals surface area contributed by atoms with Crippen LogP contribution in [0.3, 0.4) is 0 Å². The molecule has 0 saturated carbocycles. The van der Waals surface area contributed by atoms with Crippen molar-refractivity contribution < 1.29 is 19.1 Å². The van der Waals surface area contributed by atoms with Gasteiger partial charge in [0.2, 0.25) is 0 Å². The number of nitrogens with one attached hydrogen (secondary N) is 2.